The molecule has 0 fully saturated rings. The molecule has 0 aliphatic heterocycles. The molecule has 0 amide bonds. The van der Waals surface area contributed by atoms with E-state index < -0.39 is 0 Å². The SMILES string of the molecule is [C-]#[N+]/C(C#N)=c1\ccc2cc3cc(=C(C#N)C#N)ccc3cc2c1. The standard InChI is InChI=1S/C20H8N4/c1-24-20(12-23)16-5-4-14-6-17-8-15(19(10-21)11-22)3-2-13(17)7-18(14)9-16/h2-9H/b20-16+. The lowest BCUT2D eigenvalue weighted by Crippen LogP contribution is -2.04. The molecule has 0 saturated heterocycles. The molecular weight excluding hydrogens is 296 g/mol. The molecule has 0 unspecified atom stereocenters. The molecule has 0 heterocycles. The Kier molecular flexibility index (Phi) is 3.66. The summed E-state index contributed by atoms with van der Waals surface area (Å²) in [6.07, 6.45) is 0. The largest absolute Gasteiger partial charge is 0.268 e. The Bertz CT molecular complexity index is 1150. The fourth-order valence-electron chi connectivity index (χ4n) is 2.61. The Labute approximate surface area is 137 Å². The Morgan fingerprint density at radius 1 is 0.708 bits per heavy atom. The number of fused-ring (bicyclic) bond motifs is 2. The smallest absolute Gasteiger partial charge is 0.226 e. The lowest BCUT2D eigenvalue weighted by molar-refractivity contribution is 1.49. The van der Waals surface area contributed by atoms with Gasteiger partial charge in [-0.25, -0.2) is 10.1 Å². The van der Waals surface area contributed by atoms with Crippen LogP contribution in [0.2, 0.25) is 0 Å². The second kappa shape index (κ2) is 5.94. The van der Waals surface area contributed by atoms with Crippen LogP contribution in [0.15, 0.2) is 48.5 Å². The van der Waals surface area contributed by atoms with Crippen molar-refractivity contribution in [2.24, 2.45) is 0 Å². The van der Waals surface area contributed by atoms with E-state index in [-0.39, 0.29) is 11.3 Å². The van der Waals surface area contributed by atoms with E-state index in [9.17, 15) is 0 Å². The lowest BCUT2D eigenvalue weighted by atomic mass is 10.0. The first-order valence-corrected chi connectivity index (χ1v) is 7.00. The van der Waals surface area contributed by atoms with Crippen molar-refractivity contribution in [3.05, 3.63) is 70.4 Å². The maximum Gasteiger partial charge on any atom is 0.268 e. The van der Waals surface area contributed by atoms with Gasteiger partial charge in [0.05, 0.1) is 12.6 Å². The van der Waals surface area contributed by atoms with Gasteiger partial charge in [0.2, 0.25) is 0 Å². The number of hydrogen-bond acceptors (Lipinski definition) is 3. The summed E-state index contributed by atoms with van der Waals surface area (Å²) < 4.78 is 0. The monoisotopic (exact) mass is 304 g/mol. The van der Waals surface area contributed by atoms with Gasteiger partial charge in [0, 0.05) is 5.22 Å². The van der Waals surface area contributed by atoms with E-state index in [1.807, 2.05) is 54.6 Å². The third kappa shape index (κ3) is 2.42. The zero-order valence-electron chi connectivity index (χ0n) is 12.4. The van der Waals surface area contributed by atoms with E-state index in [1.54, 1.807) is 12.1 Å². The summed E-state index contributed by atoms with van der Waals surface area (Å²) in [5.74, 6) is 0. The van der Waals surface area contributed by atoms with Crippen molar-refractivity contribution >= 4 is 32.8 Å². The van der Waals surface area contributed by atoms with Crippen molar-refractivity contribution in [3.63, 3.8) is 0 Å². The highest BCUT2D eigenvalue weighted by molar-refractivity contribution is 5.98. The van der Waals surface area contributed by atoms with Crippen LogP contribution in [0.3, 0.4) is 0 Å². The molecule has 0 saturated carbocycles. The predicted octanol–water partition coefficient (Wildman–Crippen LogP) is 2.74. The molecule has 0 aliphatic rings. The molecule has 0 bridgehead atoms. The number of rotatable bonds is 0. The molecule has 0 spiro atoms. The maximum absolute atomic E-state index is 9.00. The summed E-state index contributed by atoms with van der Waals surface area (Å²) in [6, 6.07) is 20.5. The molecule has 4 nitrogen and oxygen atoms in total. The molecule has 3 aromatic rings. The lowest BCUT2D eigenvalue weighted by Gasteiger charge is -2.03. The Morgan fingerprint density at radius 3 is 1.75 bits per heavy atom. The molecule has 0 aliphatic carbocycles. The number of nitriles is 3. The van der Waals surface area contributed by atoms with Gasteiger partial charge < -0.3 is 0 Å². The minimum absolute atomic E-state index is 0.0645. The number of benzene rings is 3. The second-order valence-corrected chi connectivity index (χ2v) is 5.15. The topological polar surface area (TPSA) is 75.7 Å². The van der Waals surface area contributed by atoms with Gasteiger partial charge in [-0.2, -0.15) is 10.5 Å². The highest BCUT2D eigenvalue weighted by atomic mass is 14.7. The summed E-state index contributed by atoms with van der Waals surface area (Å²) >= 11 is 0. The van der Waals surface area contributed by atoms with Crippen molar-refractivity contribution < 1.29 is 0 Å². The average molecular weight is 304 g/mol. The third-order valence-electron chi connectivity index (χ3n) is 3.80. The van der Waals surface area contributed by atoms with Crippen LogP contribution in [0.1, 0.15) is 0 Å². The van der Waals surface area contributed by atoms with Crippen LogP contribution in [-0.2, 0) is 0 Å². The predicted molar refractivity (Wildman–Crippen MR) is 91.0 cm³/mol. The summed E-state index contributed by atoms with van der Waals surface area (Å²) in [4.78, 5) is 3.24. The highest BCUT2D eigenvalue weighted by Gasteiger charge is 2.02. The minimum atomic E-state index is 0.0645. The normalized spacial score (nSPS) is 11.0. The average Bonchev–Trinajstić information content (AvgIpc) is 2.62. The van der Waals surface area contributed by atoms with Gasteiger partial charge in [-0.05, 0) is 45.0 Å². The van der Waals surface area contributed by atoms with Crippen LogP contribution in [0.4, 0.5) is 0 Å². The maximum atomic E-state index is 9.00. The Balaban J connectivity index is 2.37. The fraction of sp³-hybridized carbons (Fsp3) is 0. The third-order valence-corrected chi connectivity index (χ3v) is 3.80. The van der Waals surface area contributed by atoms with Crippen molar-refractivity contribution in [3.8, 4) is 18.2 Å². The molecular formula is C20H8N4. The zero-order valence-corrected chi connectivity index (χ0v) is 12.4. The van der Waals surface area contributed by atoms with Crippen LogP contribution in [0.25, 0.3) is 37.7 Å². The van der Waals surface area contributed by atoms with Crippen LogP contribution in [-0.4, -0.2) is 0 Å². The van der Waals surface area contributed by atoms with E-state index in [0.29, 0.717) is 10.4 Å². The van der Waals surface area contributed by atoms with Gasteiger partial charge >= 0.3 is 0 Å². The van der Waals surface area contributed by atoms with Gasteiger partial charge in [0.15, 0.2) is 0 Å². The first-order chi connectivity index (χ1) is 11.7. The Morgan fingerprint density at radius 2 is 1.25 bits per heavy atom. The van der Waals surface area contributed by atoms with Gasteiger partial charge in [0.25, 0.3) is 5.70 Å². The molecule has 0 N–H and O–H groups in total. The molecule has 0 aromatic heterocycles. The van der Waals surface area contributed by atoms with E-state index in [0.717, 1.165) is 21.5 Å². The van der Waals surface area contributed by atoms with Crippen molar-refractivity contribution in [1.82, 2.24) is 0 Å². The van der Waals surface area contributed by atoms with E-state index in [1.165, 1.54) is 0 Å². The Hall–Kier alpha value is -4.12. The minimum Gasteiger partial charge on any atom is -0.226 e. The first kappa shape index (κ1) is 14.8. The van der Waals surface area contributed by atoms with Gasteiger partial charge in [-0.1, -0.05) is 30.3 Å². The fourth-order valence-corrected chi connectivity index (χ4v) is 2.61. The summed E-state index contributed by atoms with van der Waals surface area (Å²) in [6.45, 7) is 7.05. The van der Waals surface area contributed by atoms with Gasteiger partial charge in [-0.3, -0.25) is 0 Å². The van der Waals surface area contributed by atoms with E-state index >= 15 is 0 Å². The second-order valence-electron chi connectivity index (χ2n) is 5.15. The molecule has 3 rings (SSSR count). The van der Waals surface area contributed by atoms with Crippen LogP contribution < -0.4 is 10.4 Å². The summed E-state index contributed by atoms with van der Waals surface area (Å²) in [5, 5.41) is 31.9. The van der Waals surface area contributed by atoms with Gasteiger partial charge in [-0.15, -0.1) is 0 Å². The van der Waals surface area contributed by atoms with Crippen LogP contribution in [0.5, 0.6) is 0 Å². The van der Waals surface area contributed by atoms with Crippen LogP contribution >= 0.6 is 0 Å². The molecule has 4 heteroatoms. The van der Waals surface area contributed by atoms with Crippen molar-refractivity contribution in [2.45, 2.75) is 0 Å². The van der Waals surface area contributed by atoms with Crippen LogP contribution in [0, 0.1) is 40.6 Å². The zero-order chi connectivity index (χ0) is 17.1. The van der Waals surface area contributed by atoms with Gasteiger partial charge in [0.1, 0.15) is 17.7 Å². The van der Waals surface area contributed by atoms with E-state index in [4.69, 9.17) is 22.4 Å². The van der Waals surface area contributed by atoms with E-state index in [2.05, 4.69) is 4.85 Å². The summed E-state index contributed by atoms with van der Waals surface area (Å²) in [7, 11) is 0. The molecule has 108 valence electrons. The molecule has 24 heavy (non-hydrogen) atoms. The number of hydrogen-bond donors (Lipinski definition) is 0. The van der Waals surface area contributed by atoms with Crippen molar-refractivity contribution in [1.29, 1.82) is 15.8 Å². The molecule has 0 radical (unpaired) electrons. The number of nitrogens with zero attached hydrogens (tertiary/aromatic N) is 4. The van der Waals surface area contributed by atoms with Crippen molar-refractivity contribution in [2.75, 3.05) is 0 Å². The first-order valence-electron chi connectivity index (χ1n) is 7.00. The summed E-state index contributed by atoms with van der Waals surface area (Å²) in [5.41, 5.74) is 0.146. The highest BCUT2D eigenvalue weighted by Crippen LogP contribution is 2.20. The molecule has 0 atom stereocenters. The quantitative estimate of drug-likeness (QED) is 0.473. The molecule has 3 aromatic carbocycles.